The largest absolute Gasteiger partial charge is 0.325 e. The monoisotopic (exact) mass is 312 g/mol. The number of rotatable bonds is 2. The number of hydrogen-bond acceptors (Lipinski definition) is 2. The molecule has 2 aliphatic rings. The Morgan fingerprint density at radius 1 is 1.20 bits per heavy atom. The van der Waals surface area contributed by atoms with Crippen LogP contribution < -0.4 is 5.32 Å². The van der Waals surface area contributed by atoms with E-state index >= 15 is 0 Å². The zero-order valence-electron chi connectivity index (χ0n) is 10.8. The average molecular weight is 313 g/mol. The first-order chi connectivity index (χ1) is 9.53. The highest BCUT2D eigenvalue weighted by Crippen LogP contribution is 2.40. The van der Waals surface area contributed by atoms with Gasteiger partial charge in [0.15, 0.2) is 0 Å². The highest BCUT2D eigenvalue weighted by atomic mass is 35.5. The first-order valence-electron chi connectivity index (χ1n) is 6.60. The van der Waals surface area contributed by atoms with E-state index in [1.165, 1.54) is 0 Å². The second-order valence-electron chi connectivity index (χ2n) is 5.32. The van der Waals surface area contributed by atoms with Gasteiger partial charge in [-0.05, 0) is 36.6 Å². The molecule has 1 heterocycles. The van der Waals surface area contributed by atoms with E-state index in [0.717, 1.165) is 18.4 Å². The van der Waals surface area contributed by atoms with Crippen molar-refractivity contribution in [2.75, 3.05) is 0 Å². The fraction of sp³-hybridized carbons (Fsp3) is 0.429. The highest BCUT2D eigenvalue weighted by molar-refractivity contribution is 6.33. The summed E-state index contributed by atoms with van der Waals surface area (Å²) in [6.45, 7) is 0.303. The Morgan fingerprint density at radius 3 is 2.60 bits per heavy atom. The van der Waals surface area contributed by atoms with E-state index < -0.39 is 5.54 Å². The molecule has 3 amide bonds. The zero-order valence-corrected chi connectivity index (χ0v) is 12.3. The number of halogens is 2. The number of urea groups is 1. The summed E-state index contributed by atoms with van der Waals surface area (Å²) in [6, 6.07) is 4.81. The molecular formula is C14H14Cl2N2O2. The van der Waals surface area contributed by atoms with E-state index in [0.29, 0.717) is 29.4 Å². The Hall–Kier alpha value is -1.26. The van der Waals surface area contributed by atoms with E-state index in [9.17, 15) is 9.59 Å². The first-order valence-corrected chi connectivity index (χ1v) is 7.35. The maximum Gasteiger partial charge on any atom is 0.325 e. The maximum atomic E-state index is 12.1. The van der Waals surface area contributed by atoms with E-state index in [1.807, 2.05) is 0 Å². The van der Waals surface area contributed by atoms with Gasteiger partial charge in [-0.1, -0.05) is 36.0 Å². The summed E-state index contributed by atoms with van der Waals surface area (Å²) >= 11 is 12.1. The molecule has 0 unspecified atom stereocenters. The maximum absolute atomic E-state index is 12.1. The predicted molar refractivity (Wildman–Crippen MR) is 76.7 cm³/mol. The van der Waals surface area contributed by atoms with Crippen molar-refractivity contribution in [3.63, 3.8) is 0 Å². The quantitative estimate of drug-likeness (QED) is 0.851. The van der Waals surface area contributed by atoms with Crippen LogP contribution >= 0.6 is 23.2 Å². The van der Waals surface area contributed by atoms with Crippen LogP contribution in [-0.2, 0) is 11.3 Å². The molecule has 1 aromatic rings. The van der Waals surface area contributed by atoms with Gasteiger partial charge < -0.3 is 4.90 Å². The van der Waals surface area contributed by atoms with Gasteiger partial charge in [0.1, 0.15) is 5.54 Å². The lowest BCUT2D eigenvalue weighted by atomic mass is 9.95. The normalized spacial score (nSPS) is 20.8. The number of hydrogen-bond donors (Lipinski definition) is 1. The summed E-state index contributed by atoms with van der Waals surface area (Å²) in [5.41, 5.74) is 0.0678. The molecule has 3 rings (SSSR count). The van der Waals surface area contributed by atoms with Crippen molar-refractivity contribution < 1.29 is 9.59 Å². The van der Waals surface area contributed by atoms with Gasteiger partial charge in [0.05, 0.1) is 6.54 Å². The second-order valence-corrected chi connectivity index (χ2v) is 6.16. The third-order valence-corrected chi connectivity index (χ3v) is 4.78. The molecule has 1 aliphatic heterocycles. The highest BCUT2D eigenvalue weighted by Gasteiger charge is 2.53. The molecule has 4 nitrogen and oxygen atoms in total. The number of imide groups is 1. The van der Waals surface area contributed by atoms with Gasteiger partial charge in [0, 0.05) is 10.0 Å². The van der Waals surface area contributed by atoms with Crippen molar-refractivity contribution >= 4 is 35.1 Å². The van der Waals surface area contributed by atoms with Gasteiger partial charge in [0.25, 0.3) is 5.91 Å². The standard InChI is InChI=1S/C14H14Cl2N2O2/c15-10-3-4-11(16)9(7-10)8-18-13(20)17-12(19)14(18)5-1-2-6-14/h3-4,7H,1-2,5-6,8H2,(H,17,19,20). The lowest BCUT2D eigenvalue weighted by Gasteiger charge is -2.31. The van der Waals surface area contributed by atoms with Crippen LogP contribution in [0.4, 0.5) is 4.79 Å². The SMILES string of the molecule is O=C1NC(=O)C2(CCCC2)N1Cc1cc(Cl)ccc1Cl. The average Bonchev–Trinajstić information content (AvgIpc) is 2.97. The zero-order chi connectivity index (χ0) is 14.3. The molecule has 1 saturated heterocycles. The summed E-state index contributed by atoms with van der Waals surface area (Å²) in [5.74, 6) is -0.182. The van der Waals surface area contributed by atoms with Crippen molar-refractivity contribution in [3.8, 4) is 0 Å². The van der Waals surface area contributed by atoms with Gasteiger partial charge in [-0.15, -0.1) is 0 Å². The molecule has 0 aromatic heterocycles. The Morgan fingerprint density at radius 2 is 1.90 bits per heavy atom. The third kappa shape index (κ3) is 2.07. The smallest absolute Gasteiger partial charge is 0.305 e. The van der Waals surface area contributed by atoms with Crippen LogP contribution in [0.2, 0.25) is 10.0 Å². The molecule has 0 radical (unpaired) electrons. The van der Waals surface area contributed by atoms with Crippen LogP contribution in [0.15, 0.2) is 18.2 Å². The summed E-state index contributed by atoms with van der Waals surface area (Å²) in [6.07, 6.45) is 3.34. The summed E-state index contributed by atoms with van der Waals surface area (Å²) in [5, 5.41) is 3.54. The number of nitrogens with zero attached hydrogens (tertiary/aromatic N) is 1. The van der Waals surface area contributed by atoms with Gasteiger partial charge >= 0.3 is 6.03 Å². The number of benzene rings is 1. The first kappa shape index (κ1) is 13.7. The number of nitrogens with one attached hydrogen (secondary N) is 1. The van der Waals surface area contributed by atoms with E-state index in [1.54, 1.807) is 23.1 Å². The van der Waals surface area contributed by atoms with Gasteiger partial charge in [-0.25, -0.2) is 4.79 Å². The van der Waals surface area contributed by atoms with Crippen molar-refractivity contribution in [2.24, 2.45) is 0 Å². The molecular weight excluding hydrogens is 299 g/mol. The van der Waals surface area contributed by atoms with E-state index in [4.69, 9.17) is 23.2 Å². The van der Waals surface area contributed by atoms with Crippen LogP contribution in [0.25, 0.3) is 0 Å². The fourth-order valence-electron chi connectivity index (χ4n) is 3.11. The molecule has 1 spiro atoms. The summed E-state index contributed by atoms with van der Waals surface area (Å²) in [4.78, 5) is 25.8. The molecule has 2 fully saturated rings. The molecule has 1 saturated carbocycles. The minimum absolute atomic E-state index is 0.182. The Labute approximate surface area is 127 Å². The van der Waals surface area contributed by atoms with Crippen molar-refractivity contribution in [2.45, 2.75) is 37.8 Å². The van der Waals surface area contributed by atoms with Gasteiger partial charge in [0.2, 0.25) is 0 Å². The Bertz CT molecular complexity index is 583. The number of amides is 3. The molecule has 6 heteroatoms. The molecule has 1 aliphatic carbocycles. The van der Waals surface area contributed by atoms with Crippen LogP contribution in [0.5, 0.6) is 0 Å². The minimum atomic E-state index is -0.692. The molecule has 106 valence electrons. The summed E-state index contributed by atoms with van der Waals surface area (Å²) < 4.78 is 0. The predicted octanol–water partition coefficient (Wildman–Crippen LogP) is 3.36. The van der Waals surface area contributed by atoms with Gasteiger partial charge in [-0.3, -0.25) is 10.1 Å². The third-order valence-electron chi connectivity index (χ3n) is 4.17. The minimum Gasteiger partial charge on any atom is -0.305 e. The van der Waals surface area contributed by atoms with Crippen molar-refractivity contribution in [3.05, 3.63) is 33.8 Å². The van der Waals surface area contributed by atoms with Crippen LogP contribution in [0.3, 0.4) is 0 Å². The Kier molecular flexibility index (Phi) is 3.38. The molecule has 20 heavy (non-hydrogen) atoms. The number of carbonyl (C=O) groups is 2. The molecule has 0 bridgehead atoms. The van der Waals surface area contributed by atoms with Gasteiger partial charge in [-0.2, -0.15) is 0 Å². The lowest BCUT2D eigenvalue weighted by Crippen LogP contribution is -2.46. The number of carbonyl (C=O) groups excluding carboxylic acids is 2. The van der Waals surface area contributed by atoms with E-state index in [2.05, 4.69) is 5.32 Å². The topological polar surface area (TPSA) is 49.4 Å². The lowest BCUT2D eigenvalue weighted by molar-refractivity contribution is -0.126. The molecule has 1 N–H and O–H groups in total. The summed E-state index contributed by atoms with van der Waals surface area (Å²) in [7, 11) is 0. The van der Waals surface area contributed by atoms with Crippen molar-refractivity contribution in [1.82, 2.24) is 10.2 Å². The fourth-order valence-corrected chi connectivity index (χ4v) is 3.48. The van der Waals surface area contributed by atoms with Crippen LogP contribution in [0, 0.1) is 0 Å². The van der Waals surface area contributed by atoms with E-state index in [-0.39, 0.29) is 11.9 Å². The second kappa shape index (κ2) is 4.93. The Balaban J connectivity index is 1.94. The molecule has 1 aromatic carbocycles. The van der Waals surface area contributed by atoms with Crippen LogP contribution in [-0.4, -0.2) is 22.4 Å². The van der Waals surface area contributed by atoms with Crippen molar-refractivity contribution in [1.29, 1.82) is 0 Å². The molecule has 0 atom stereocenters. The van der Waals surface area contributed by atoms with Crippen LogP contribution in [0.1, 0.15) is 31.2 Å².